The normalized spacial score (nSPS) is 10.2. The van der Waals surface area contributed by atoms with Gasteiger partial charge in [0.25, 0.3) is 0 Å². The topological polar surface area (TPSA) is 20.3 Å². The van der Waals surface area contributed by atoms with Crippen molar-refractivity contribution in [3.8, 4) is 0 Å². The van der Waals surface area contributed by atoms with Crippen molar-refractivity contribution in [1.29, 1.82) is 0 Å². The fourth-order valence-corrected chi connectivity index (χ4v) is 2.11. The second-order valence-corrected chi connectivity index (χ2v) is 4.83. The molecule has 2 nitrogen and oxygen atoms in total. The molecular weight excluding hydrogens is 246 g/mol. The van der Waals surface area contributed by atoms with E-state index in [1.807, 2.05) is 47.4 Å². The molecule has 2 heteroatoms. The summed E-state index contributed by atoms with van der Waals surface area (Å²) >= 11 is 0. The molecule has 0 saturated carbocycles. The molecule has 0 aliphatic carbocycles. The maximum absolute atomic E-state index is 12.4. The van der Waals surface area contributed by atoms with Crippen LogP contribution in [0.2, 0.25) is 0 Å². The minimum absolute atomic E-state index is 0.182. The van der Waals surface area contributed by atoms with Crippen molar-refractivity contribution >= 4 is 11.6 Å². The zero-order valence-corrected chi connectivity index (χ0v) is 11.9. The van der Waals surface area contributed by atoms with E-state index in [1.165, 1.54) is 0 Å². The van der Waals surface area contributed by atoms with Crippen molar-refractivity contribution in [2.45, 2.75) is 32.7 Å². The summed E-state index contributed by atoms with van der Waals surface area (Å²) in [5.41, 5.74) is 2.08. The van der Waals surface area contributed by atoms with Crippen molar-refractivity contribution in [1.82, 2.24) is 0 Å². The Hall–Kier alpha value is -2.09. The minimum Gasteiger partial charge on any atom is -0.308 e. The molecule has 1 amide bonds. The molecule has 1 radical (unpaired) electrons. The molecule has 0 aliphatic rings. The molecule has 0 aromatic heterocycles. The van der Waals surface area contributed by atoms with Crippen LogP contribution in [0.25, 0.3) is 0 Å². The van der Waals surface area contributed by atoms with Gasteiger partial charge in [0.05, 0.1) is 6.54 Å². The Morgan fingerprint density at radius 3 is 2.45 bits per heavy atom. The third-order valence-corrected chi connectivity index (χ3v) is 3.24. The molecule has 0 atom stereocenters. The lowest BCUT2D eigenvalue weighted by Gasteiger charge is -2.23. The molecule has 0 spiro atoms. The Morgan fingerprint density at radius 1 is 1.10 bits per heavy atom. The van der Waals surface area contributed by atoms with Gasteiger partial charge in [-0.05, 0) is 30.2 Å². The second-order valence-electron chi connectivity index (χ2n) is 4.83. The van der Waals surface area contributed by atoms with E-state index < -0.39 is 0 Å². The number of hydrogen-bond acceptors (Lipinski definition) is 1. The summed E-state index contributed by atoms with van der Waals surface area (Å²) in [6.07, 6.45) is 2.57. The van der Waals surface area contributed by atoms with Gasteiger partial charge < -0.3 is 4.90 Å². The maximum atomic E-state index is 12.4. The fourth-order valence-electron chi connectivity index (χ4n) is 2.11. The molecule has 2 aromatic rings. The molecule has 2 aromatic carbocycles. The van der Waals surface area contributed by atoms with E-state index in [9.17, 15) is 4.79 Å². The van der Waals surface area contributed by atoms with Crippen LogP contribution in [0.5, 0.6) is 0 Å². The number of rotatable bonds is 6. The molecule has 0 fully saturated rings. The van der Waals surface area contributed by atoms with Gasteiger partial charge in [0.15, 0.2) is 0 Å². The molecule has 0 bridgehead atoms. The highest BCUT2D eigenvalue weighted by molar-refractivity contribution is 5.93. The SMILES string of the molecule is CCCCC(=O)N(Cc1ccccc1)c1cc[c]cc1. The number of benzene rings is 2. The minimum atomic E-state index is 0.182. The molecule has 103 valence electrons. The highest BCUT2D eigenvalue weighted by Gasteiger charge is 2.15. The number of carbonyl (C=O) groups is 1. The first-order valence-corrected chi connectivity index (χ1v) is 7.11. The van der Waals surface area contributed by atoms with Crippen LogP contribution in [0.3, 0.4) is 0 Å². The van der Waals surface area contributed by atoms with Gasteiger partial charge in [-0.15, -0.1) is 0 Å². The number of amides is 1. The second kappa shape index (κ2) is 7.49. The summed E-state index contributed by atoms with van der Waals surface area (Å²) in [6.45, 7) is 2.72. The van der Waals surface area contributed by atoms with Crippen molar-refractivity contribution in [2.24, 2.45) is 0 Å². The lowest BCUT2D eigenvalue weighted by molar-refractivity contribution is -0.118. The first kappa shape index (κ1) is 14.3. The third kappa shape index (κ3) is 3.95. The molecule has 0 unspecified atom stereocenters. The number of carbonyl (C=O) groups excluding carboxylic acids is 1. The standard InChI is InChI=1S/C18H20NO/c1-2-3-14-18(20)19(17-12-8-5-9-13-17)15-16-10-6-4-7-11-16/h4,6-13H,2-3,14-15H2,1H3. The van der Waals surface area contributed by atoms with Crippen LogP contribution in [0.4, 0.5) is 5.69 Å². The number of anilines is 1. The number of nitrogens with zero attached hydrogens (tertiary/aromatic N) is 1. The van der Waals surface area contributed by atoms with Gasteiger partial charge >= 0.3 is 0 Å². The largest absolute Gasteiger partial charge is 0.308 e. The molecule has 0 N–H and O–H groups in total. The monoisotopic (exact) mass is 266 g/mol. The van der Waals surface area contributed by atoms with Crippen LogP contribution in [0, 0.1) is 6.07 Å². The lowest BCUT2D eigenvalue weighted by atomic mass is 10.1. The van der Waals surface area contributed by atoms with Crippen LogP contribution >= 0.6 is 0 Å². The van der Waals surface area contributed by atoms with Crippen molar-refractivity contribution < 1.29 is 4.79 Å². The van der Waals surface area contributed by atoms with Gasteiger partial charge in [-0.3, -0.25) is 4.79 Å². The van der Waals surface area contributed by atoms with Crippen LogP contribution < -0.4 is 4.90 Å². The van der Waals surface area contributed by atoms with Crippen LogP contribution in [-0.2, 0) is 11.3 Å². The Labute approximate surface area is 121 Å². The summed E-state index contributed by atoms with van der Waals surface area (Å²) in [5, 5.41) is 0. The average molecular weight is 266 g/mol. The van der Waals surface area contributed by atoms with Crippen LogP contribution in [-0.4, -0.2) is 5.91 Å². The van der Waals surface area contributed by atoms with Crippen molar-refractivity contribution in [3.63, 3.8) is 0 Å². The van der Waals surface area contributed by atoms with E-state index in [-0.39, 0.29) is 5.91 Å². The highest BCUT2D eigenvalue weighted by atomic mass is 16.2. The van der Waals surface area contributed by atoms with E-state index in [0.29, 0.717) is 13.0 Å². The Balaban J connectivity index is 2.18. The van der Waals surface area contributed by atoms with Crippen molar-refractivity contribution in [3.05, 3.63) is 66.2 Å². The highest BCUT2D eigenvalue weighted by Crippen LogP contribution is 2.18. The van der Waals surface area contributed by atoms with Crippen LogP contribution in [0.15, 0.2) is 54.6 Å². The summed E-state index contributed by atoms with van der Waals surface area (Å²) in [5.74, 6) is 0.182. The molecule has 0 aliphatic heterocycles. The van der Waals surface area contributed by atoms with E-state index in [0.717, 1.165) is 24.1 Å². The molecular formula is C18H20NO. The average Bonchev–Trinajstić information content (AvgIpc) is 2.52. The van der Waals surface area contributed by atoms with Gasteiger partial charge in [-0.2, -0.15) is 0 Å². The van der Waals surface area contributed by atoms with Crippen molar-refractivity contribution in [2.75, 3.05) is 4.90 Å². The molecule has 0 saturated heterocycles. The quantitative estimate of drug-likeness (QED) is 0.767. The van der Waals surface area contributed by atoms with Gasteiger partial charge in [-0.25, -0.2) is 0 Å². The zero-order chi connectivity index (χ0) is 14.2. The van der Waals surface area contributed by atoms with E-state index >= 15 is 0 Å². The summed E-state index contributed by atoms with van der Waals surface area (Å²) in [6, 6.07) is 20.7. The Kier molecular flexibility index (Phi) is 5.36. The smallest absolute Gasteiger partial charge is 0.227 e. The third-order valence-electron chi connectivity index (χ3n) is 3.24. The predicted molar refractivity (Wildman–Crippen MR) is 82.4 cm³/mol. The lowest BCUT2D eigenvalue weighted by Crippen LogP contribution is -2.30. The predicted octanol–water partition coefficient (Wildman–Crippen LogP) is 4.21. The Morgan fingerprint density at radius 2 is 1.80 bits per heavy atom. The first-order valence-electron chi connectivity index (χ1n) is 7.11. The number of unbranched alkanes of at least 4 members (excludes halogenated alkanes) is 1. The maximum Gasteiger partial charge on any atom is 0.227 e. The summed E-state index contributed by atoms with van der Waals surface area (Å²) < 4.78 is 0. The molecule has 0 heterocycles. The fraction of sp³-hybridized carbons (Fsp3) is 0.278. The zero-order valence-electron chi connectivity index (χ0n) is 11.9. The van der Waals surface area contributed by atoms with E-state index in [2.05, 4.69) is 25.1 Å². The summed E-state index contributed by atoms with van der Waals surface area (Å²) in [7, 11) is 0. The van der Waals surface area contributed by atoms with Gasteiger partial charge in [-0.1, -0.05) is 55.8 Å². The van der Waals surface area contributed by atoms with Gasteiger partial charge in [0, 0.05) is 12.1 Å². The van der Waals surface area contributed by atoms with E-state index in [4.69, 9.17) is 0 Å². The molecule has 20 heavy (non-hydrogen) atoms. The molecule has 2 rings (SSSR count). The number of hydrogen-bond donors (Lipinski definition) is 0. The first-order chi connectivity index (χ1) is 9.81. The Bertz CT molecular complexity index is 522. The van der Waals surface area contributed by atoms with Gasteiger partial charge in [0.1, 0.15) is 0 Å². The van der Waals surface area contributed by atoms with Crippen LogP contribution in [0.1, 0.15) is 31.7 Å². The van der Waals surface area contributed by atoms with E-state index in [1.54, 1.807) is 0 Å². The van der Waals surface area contributed by atoms with Gasteiger partial charge in [0.2, 0.25) is 5.91 Å². The summed E-state index contributed by atoms with van der Waals surface area (Å²) in [4.78, 5) is 14.3.